The van der Waals surface area contributed by atoms with E-state index in [0.717, 1.165) is 37.6 Å². The van der Waals surface area contributed by atoms with E-state index < -0.39 is 50.7 Å². The zero-order valence-electron chi connectivity index (χ0n) is 18.1. The fourth-order valence-electron chi connectivity index (χ4n) is 4.23. The smallest absolute Gasteiger partial charge is 0.352 e. The first-order valence-electron chi connectivity index (χ1n) is 10.6. The Morgan fingerprint density at radius 1 is 1.06 bits per heavy atom. The van der Waals surface area contributed by atoms with Gasteiger partial charge in [0.2, 0.25) is 5.88 Å². The highest BCUT2D eigenvalue weighted by molar-refractivity contribution is 8.45. The quantitative estimate of drug-likeness (QED) is 0.363. The van der Waals surface area contributed by atoms with Gasteiger partial charge in [-0.15, -0.1) is 0 Å². The third-order valence-electron chi connectivity index (χ3n) is 5.80. The highest BCUT2D eigenvalue weighted by Gasteiger charge is 2.67. The van der Waals surface area contributed by atoms with Gasteiger partial charge < -0.3 is 14.4 Å². The summed E-state index contributed by atoms with van der Waals surface area (Å²) < 4.78 is 106. The van der Waals surface area contributed by atoms with Crippen LogP contribution in [0.2, 0.25) is 0 Å². The number of fused-ring (bicyclic) bond motifs is 3. The molecule has 4 heterocycles. The second-order valence-electron chi connectivity index (χ2n) is 8.41. The summed E-state index contributed by atoms with van der Waals surface area (Å²) in [4.78, 5) is 20.8. The standard InChI is InChI=1S/C21H17F7N4O3S/c22-15-6-12(11-34-17-9-19-31-5-1-2-13(31)10-32(19)21(33)30-17)7-16(23)20(15)35-14-3-4-29-18(8-14)36(24,25,26,27)28/h3-4,6-9,13H,1-2,5,10-11H2/t13-/m1/s1. The van der Waals surface area contributed by atoms with Crippen LogP contribution >= 0.6 is 10.2 Å². The Bertz CT molecular complexity index is 1410. The zero-order chi connectivity index (χ0) is 25.9. The molecule has 2 aromatic heterocycles. The Labute approximate surface area is 198 Å². The van der Waals surface area contributed by atoms with Gasteiger partial charge >= 0.3 is 15.9 Å². The molecule has 15 heteroatoms. The lowest BCUT2D eigenvalue weighted by molar-refractivity contribution is 0.289. The summed E-state index contributed by atoms with van der Waals surface area (Å²) >= 11 is 0. The predicted molar refractivity (Wildman–Crippen MR) is 115 cm³/mol. The third-order valence-corrected chi connectivity index (χ3v) is 6.81. The van der Waals surface area contributed by atoms with E-state index in [0.29, 0.717) is 18.6 Å². The van der Waals surface area contributed by atoms with Crippen LogP contribution in [-0.2, 0) is 13.2 Å². The molecule has 7 nitrogen and oxygen atoms in total. The molecule has 0 bridgehead atoms. The summed E-state index contributed by atoms with van der Waals surface area (Å²) in [6, 6.07) is 3.97. The van der Waals surface area contributed by atoms with Gasteiger partial charge in [-0.3, -0.25) is 4.57 Å². The van der Waals surface area contributed by atoms with E-state index in [-0.39, 0.29) is 23.6 Å². The fourth-order valence-corrected chi connectivity index (χ4v) is 4.83. The monoisotopic (exact) mass is 538 g/mol. The van der Waals surface area contributed by atoms with Crippen molar-refractivity contribution in [2.45, 2.75) is 37.1 Å². The predicted octanol–water partition coefficient (Wildman–Crippen LogP) is 5.93. The molecule has 1 atom stereocenters. The number of pyridine rings is 1. The normalized spacial score (nSPS) is 18.9. The number of aromatic nitrogens is 3. The van der Waals surface area contributed by atoms with Gasteiger partial charge in [-0.1, -0.05) is 19.4 Å². The van der Waals surface area contributed by atoms with Crippen LogP contribution in [0.25, 0.3) is 0 Å². The highest BCUT2D eigenvalue weighted by Crippen LogP contribution is 3.01. The second-order valence-corrected chi connectivity index (χ2v) is 10.8. The molecule has 5 rings (SSSR count). The summed E-state index contributed by atoms with van der Waals surface area (Å²) in [5.74, 6) is -4.02. The molecule has 2 aliphatic rings. The molecule has 0 aliphatic carbocycles. The van der Waals surface area contributed by atoms with Gasteiger partial charge in [-0.05, 0) is 36.6 Å². The minimum absolute atomic E-state index is 0.0405. The van der Waals surface area contributed by atoms with Crippen molar-refractivity contribution in [1.82, 2.24) is 14.5 Å². The highest BCUT2D eigenvalue weighted by atomic mass is 32.5. The molecule has 0 unspecified atom stereocenters. The second kappa shape index (κ2) is 7.51. The number of halogens is 7. The third kappa shape index (κ3) is 4.66. The van der Waals surface area contributed by atoms with E-state index in [2.05, 4.69) is 14.9 Å². The summed E-state index contributed by atoms with van der Waals surface area (Å²) in [5, 5.41) is -2.50. The maximum absolute atomic E-state index is 14.5. The first kappa shape index (κ1) is 24.2. The molecular formula is C21H17F7N4O3S. The summed E-state index contributed by atoms with van der Waals surface area (Å²) in [6.45, 7) is 0.921. The molecule has 0 spiro atoms. The number of anilines is 1. The molecule has 0 N–H and O–H groups in total. The Kier molecular flexibility index (Phi) is 5.05. The molecule has 36 heavy (non-hydrogen) atoms. The van der Waals surface area contributed by atoms with E-state index in [4.69, 9.17) is 9.47 Å². The van der Waals surface area contributed by atoms with Gasteiger partial charge in [0.1, 0.15) is 18.2 Å². The van der Waals surface area contributed by atoms with Crippen molar-refractivity contribution in [1.29, 1.82) is 0 Å². The van der Waals surface area contributed by atoms with Gasteiger partial charge in [-0.2, -0.15) is 4.98 Å². The minimum Gasteiger partial charge on any atom is -0.473 e. The van der Waals surface area contributed by atoms with Crippen LogP contribution in [0.3, 0.4) is 0 Å². The molecule has 1 saturated heterocycles. The first-order chi connectivity index (χ1) is 16.7. The van der Waals surface area contributed by atoms with Crippen LogP contribution < -0.4 is 20.1 Å². The van der Waals surface area contributed by atoms with Crippen LogP contribution in [0.1, 0.15) is 18.4 Å². The van der Waals surface area contributed by atoms with Crippen molar-refractivity contribution in [3.63, 3.8) is 0 Å². The number of hydrogen-bond acceptors (Lipinski definition) is 6. The van der Waals surface area contributed by atoms with Crippen molar-refractivity contribution in [3.05, 3.63) is 64.2 Å². The zero-order valence-corrected chi connectivity index (χ0v) is 19.0. The van der Waals surface area contributed by atoms with E-state index in [1.807, 2.05) is 0 Å². The van der Waals surface area contributed by atoms with Crippen molar-refractivity contribution < 1.29 is 37.7 Å². The van der Waals surface area contributed by atoms with Gasteiger partial charge in [0.15, 0.2) is 22.4 Å². The molecule has 2 aliphatic heterocycles. The lowest BCUT2D eigenvalue weighted by Crippen LogP contribution is -2.24. The lowest BCUT2D eigenvalue weighted by Gasteiger charge is -2.39. The molecule has 0 radical (unpaired) electrons. The van der Waals surface area contributed by atoms with Gasteiger partial charge in [-0.25, -0.2) is 18.6 Å². The number of hydrogen-bond donors (Lipinski definition) is 0. The van der Waals surface area contributed by atoms with Crippen LogP contribution in [0.5, 0.6) is 17.4 Å². The van der Waals surface area contributed by atoms with Gasteiger partial charge in [0, 0.05) is 37.5 Å². The number of ether oxygens (including phenoxy) is 2. The van der Waals surface area contributed by atoms with E-state index in [1.165, 1.54) is 4.57 Å². The molecule has 194 valence electrons. The lowest BCUT2D eigenvalue weighted by atomic mass is 10.2. The van der Waals surface area contributed by atoms with Crippen molar-refractivity contribution in [2.24, 2.45) is 0 Å². The maximum Gasteiger partial charge on any atom is 0.352 e. The Balaban J connectivity index is 1.33. The van der Waals surface area contributed by atoms with Crippen molar-refractivity contribution >= 4 is 16.0 Å². The topological polar surface area (TPSA) is 69.5 Å². The summed E-state index contributed by atoms with van der Waals surface area (Å²) in [6.07, 6.45) is 2.33. The molecule has 0 saturated carbocycles. The average Bonchev–Trinajstić information content (AvgIpc) is 3.36. The first-order valence-corrected chi connectivity index (χ1v) is 12.5. The molecular weight excluding hydrogens is 521 g/mol. The largest absolute Gasteiger partial charge is 0.473 e. The number of benzene rings is 1. The number of rotatable bonds is 6. The molecule has 1 fully saturated rings. The number of nitrogens with zero attached hydrogens (tertiary/aromatic N) is 4. The average molecular weight is 538 g/mol. The molecule has 0 amide bonds. The minimum atomic E-state index is -10.1. The summed E-state index contributed by atoms with van der Waals surface area (Å²) in [7, 11) is -10.1. The SMILES string of the molecule is O=c1nc(OCc2cc(F)c(Oc3ccnc(S(F)(F)(F)(F)F)c3)c(F)c2)cc2n1C[C@H]1CCCN21. The van der Waals surface area contributed by atoms with Gasteiger partial charge in [0.05, 0.1) is 0 Å². The van der Waals surface area contributed by atoms with Gasteiger partial charge in [0.25, 0.3) is 0 Å². The van der Waals surface area contributed by atoms with Crippen LogP contribution in [0, 0.1) is 11.6 Å². The van der Waals surface area contributed by atoms with Crippen molar-refractivity contribution in [3.8, 4) is 17.4 Å². The fraction of sp³-hybridized carbons (Fsp3) is 0.286. The van der Waals surface area contributed by atoms with E-state index in [9.17, 15) is 33.0 Å². The Morgan fingerprint density at radius 3 is 2.47 bits per heavy atom. The summed E-state index contributed by atoms with van der Waals surface area (Å²) in [5.41, 5.74) is -0.553. The Hall–Kier alpha value is -3.49. The molecule has 3 aromatic rings. The van der Waals surface area contributed by atoms with Crippen molar-refractivity contribution in [2.75, 3.05) is 11.4 Å². The van der Waals surface area contributed by atoms with Crippen LogP contribution in [0.15, 0.2) is 46.3 Å². The molecule has 1 aromatic carbocycles. The van der Waals surface area contributed by atoms with Crippen LogP contribution in [0.4, 0.5) is 34.0 Å². The van der Waals surface area contributed by atoms with E-state index >= 15 is 0 Å². The van der Waals surface area contributed by atoms with Crippen LogP contribution in [-0.4, -0.2) is 27.1 Å². The van der Waals surface area contributed by atoms with E-state index in [1.54, 1.807) is 6.07 Å². The Morgan fingerprint density at radius 2 is 1.78 bits per heavy atom. The maximum atomic E-state index is 14.5.